The van der Waals surface area contributed by atoms with Gasteiger partial charge in [-0.2, -0.15) is 0 Å². The van der Waals surface area contributed by atoms with Gasteiger partial charge in [-0.25, -0.2) is 4.79 Å². The van der Waals surface area contributed by atoms with E-state index in [0.29, 0.717) is 6.04 Å². The fraction of sp³-hybridized carbons (Fsp3) is 0.381. The second-order valence-electron chi connectivity index (χ2n) is 7.22. The number of nitrogens with zero attached hydrogens (tertiary/aromatic N) is 2. The van der Waals surface area contributed by atoms with E-state index in [9.17, 15) is 4.79 Å². The molecular weight excluding hydrogens is 324 g/mol. The molecule has 2 N–H and O–H groups in total. The van der Waals surface area contributed by atoms with Gasteiger partial charge in [-0.05, 0) is 43.0 Å². The van der Waals surface area contributed by atoms with Crippen LogP contribution >= 0.6 is 0 Å². The number of piperidine rings is 1. The lowest BCUT2D eigenvalue weighted by atomic mass is 10.0. The van der Waals surface area contributed by atoms with Crippen LogP contribution in [0.4, 0.5) is 5.69 Å². The van der Waals surface area contributed by atoms with Gasteiger partial charge in [0.15, 0.2) is 0 Å². The number of hydrogen-bond donors (Lipinski definition) is 2. The van der Waals surface area contributed by atoms with E-state index in [-0.39, 0.29) is 5.69 Å². The summed E-state index contributed by atoms with van der Waals surface area (Å²) in [5, 5.41) is 3.65. The highest BCUT2D eigenvalue weighted by molar-refractivity contribution is 5.79. The van der Waals surface area contributed by atoms with Gasteiger partial charge in [0.2, 0.25) is 0 Å². The van der Waals surface area contributed by atoms with Crippen molar-refractivity contribution < 1.29 is 0 Å². The number of likely N-dealkylation sites (tertiary alicyclic amines) is 1. The van der Waals surface area contributed by atoms with E-state index in [2.05, 4.69) is 57.7 Å². The second-order valence-corrected chi connectivity index (χ2v) is 7.22. The second kappa shape index (κ2) is 7.38. The Kier molecular flexibility index (Phi) is 4.80. The molecule has 0 bridgehead atoms. The van der Waals surface area contributed by atoms with Crippen molar-refractivity contribution in [1.29, 1.82) is 0 Å². The highest BCUT2D eigenvalue weighted by atomic mass is 16.1. The van der Waals surface area contributed by atoms with E-state index in [0.717, 1.165) is 55.6 Å². The maximum Gasteiger partial charge on any atom is 0.326 e. The molecule has 0 radical (unpaired) electrons. The topological polar surface area (TPSA) is 53.1 Å². The quantitative estimate of drug-likeness (QED) is 0.744. The molecule has 5 heteroatoms. The van der Waals surface area contributed by atoms with Gasteiger partial charge in [0.1, 0.15) is 0 Å². The largest absolute Gasteiger partial charge is 0.382 e. The summed E-state index contributed by atoms with van der Waals surface area (Å²) < 4.78 is 1.66. The molecule has 0 aliphatic carbocycles. The summed E-state index contributed by atoms with van der Waals surface area (Å²) >= 11 is 0. The van der Waals surface area contributed by atoms with E-state index < -0.39 is 0 Å². The Morgan fingerprint density at radius 3 is 2.65 bits per heavy atom. The normalized spacial score (nSPS) is 16.2. The standard InChI is InChI=1S/C21H26N4O/c1-24-20-15-18(7-8-19(20)23-21(24)26)22-17-10-13-25(14-11-17)12-9-16-5-3-2-4-6-16/h2-8,15,17,22H,9-14H2,1H3,(H,23,26). The number of anilines is 1. The summed E-state index contributed by atoms with van der Waals surface area (Å²) in [6.45, 7) is 3.40. The third kappa shape index (κ3) is 3.68. The van der Waals surface area contributed by atoms with Crippen molar-refractivity contribution in [2.75, 3.05) is 25.0 Å². The van der Waals surface area contributed by atoms with Gasteiger partial charge in [0.05, 0.1) is 11.0 Å². The van der Waals surface area contributed by atoms with E-state index in [1.54, 1.807) is 11.6 Å². The molecule has 0 atom stereocenters. The fourth-order valence-electron chi connectivity index (χ4n) is 3.78. The summed E-state index contributed by atoms with van der Waals surface area (Å²) in [5.74, 6) is 0. The smallest absolute Gasteiger partial charge is 0.326 e. The lowest BCUT2D eigenvalue weighted by Crippen LogP contribution is -2.40. The predicted molar refractivity (Wildman–Crippen MR) is 107 cm³/mol. The number of benzene rings is 2. The van der Waals surface area contributed by atoms with Crippen molar-refractivity contribution in [3.05, 3.63) is 64.6 Å². The van der Waals surface area contributed by atoms with Crippen molar-refractivity contribution in [1.82, 2.24) is 14.5 Å². The molecule has 0 spiro atoms. The summed E-state index contributed by atoms with van der Waals surface area (Å²) in [4.78, 5) is 17.1. The number of imidazole rings is 1. The molecule has 136 valence electrons. The average Bonchev–Trinajstić information content (AvgIpc) is 2.96. The molecule has 3 aromatic rings. The zero-order valence-corrected chi connectivity index (χ0v) is 15.2. The first-order valence-corrected chi connectivity index (χ1v) is 9.40. The van der Waals surface area contributed by atoms with Gasteiger partial charge in [-0.3, -0.25) is 4.57 Å². The molecule has 1 aliphatic heterocycles. The van der Waals surface area contributed by atoms with Crippen LogP contribution in [0, 0.1) is 0 Å². The van der Waals surface area contributed by atoms with Crippen LogP contribution < -0.4 is 11.0 Å². The third-order valence-corrected chi connectivity index (χ3v) is 5.42. The van der Waals surface area contributed by atoms with Crippen molar-refractivity contribution >= 4 is 16.7 Å². The minimum absolute atomic E-state index is 0.0659. The maximum absolute atomic E-state index is 11.7. The van der Waals surface area contributed by atoms with E-state index in [1.165, 1.54) is 5.56 Å². The number of nitrogens with one attached hydrogen (secondary N) is 2. The number of fused-ring (bicyclic) bond motifs is 1. The lowest BCUT2D eigenvalue weighted by molar-refractivity contribution is 0.221. The summed E-state index contributed by atoms with van der Waals surface area (Å²) in [6, 6.07) is 17.3. The Balaban J connectivity index is 1.31. The highest BCUT2D eigenvalue weighted by Gasteiger charge is 2.19. The van der Waals surface area contributed by atoms with Crippen LogP contribution in [0.3, 0.4) is 0 Å². The molecule has 1 aliphatic rings. The van der Waals surface area contributed by atoms with Crippen LogP contribution in [0.25, 0.3) is 11.0 Å². The monoisotopic (exact) mass is 350 g/mol. The fourth-order valence-corrected chi connectivity index (χ4v) is 3.78. The summed E-state index contributed by atoms with van der Waals surface area (Å²) in [7, 11) is 1.80. The zero-order valence-electron chi connectivity index (χ0n) is 15.2. The molecule has 5 nitrogen and oxygen atoms in total. The molecular formula is C21H26N4O. The Morgan fingerprint density at radius 1 is 1.12 bits per heavy atom. The van der Waals surface area contributed by atoms with Crippen LogP contribution in [-0.2, 0) is 13.5 Å². The first kappa shape index (κ1) is 16.9. The van der Waals surface area contributed by atoms with Crippen LogP contribution in [0.1, 0.15) is 18.4 Å². The van der Waals surface area contributed by atoms with Gasteiger partial charge >= 0.3 is 5.69 Å². The highest BCUT2D eigenvalue weighted by Crippen LogP contribution is 2.20. The molecule has 1 aromatic heterocycles. The van der Waals surface area contributed by atoms with E-state index in [4.69, 9.17) is 0 Å². The van der Waals surface area contributed by atoms with Gasteiger partial charge in [0.25, 0.3) is 0 Å². The Hall–Kier alpha value is -2.53. The number of rotatable bonds is 5. The molecule has 26 heavy (non-hydrogen) atoms. The maximum atomic E-state index is 11.7. The van der Waals surface area contributed by atoms with Crippen molar-refractivity contribution in [3.63, 3.8) is 0 Å². The molecule has 2 heterocycles. The number of aromatic amines is 1. The third-order valence-electron chi connectivity index (χ3n) is 5.42. The Labute approximate surface area is 153 Å². The summed E-state index contributed by atoms with van der Waals surface area (Å²) in [5.41, 5.74) is 4.27. The zero-order chi connectivity index (χ0) is 17.9. The number of aromatic nitrogens is 2. The molecule has 0 saturated carbocycles. The summed E-state index contributed by atoms with van der Waals surface area (Å²) in [6.07, 6.45) is 3.43. The predicted octanol–water partition coefficient (Wildman–Crippen LogP) is 2.99. The number of hydrogen-bond acceptors (Lipinski definition) is 3. The molecule has 2 aromatic carbocycles. The Morgan fingerprint density at radius 2 is 1.88 bits per heavy atom. The molecule has 1 saturated heterocycles. The van der Waals surface area contributed by atoms with E-state index >= 15 is 0 Å². The van der Waals surface area contributed by atoms with Crippen molar-refractivity contribution in [2.45, 2.75) is 25.3 Å². The number of aryl methyl sites for hydroxylation is 1. The van der Waals surface area contributed by atoms with Crippen LogP contribution in [-0.4, -0.2) is 40.1 Å². The van der Waals surface area contributed by atoms with E-state index in [1.807, 2.05) is 6.07 Å². The first-order chi connectivity index (χ1) is 12.7. The van der Waals surface area contributed by atoms with Crippen molar-refractivity contribution in [2.24, 2.45) is 7.05 Å². The minimum Gasteiger partial charge on any atom is -0.382 e. The van der Waals surface area contributed by atoms with Gasteiger partial charge in [-0.15, -0.1) is 0 Å². The van der Waals surface area contributed by atoms with Crippen LogP contribution in [0.2, 0.25) is 0 Å². The first-order valence-electron chi connectivity index (χ1n) is 9.40. The van der Waals surface area contributed by atoms with Crippen LogP contribution in [0.5, 0.6) is 0 Å². The minimum atomic E-state index is -0.0659. The van der Waals surface area contributed by atoms with Gasteiger partial charge in [0, 0.05) is 38.4 Å². The molecule has 0 amide bonds. The lowest BCUT2D eigenvalue weighted by Gasteiger charge is -2.33. The van der Waals surface area contributed by atoms with Crippen LogP contribution in [0.15, 0.2) is 53.3 Å². The SMILES string of the molecule is Cn1c(=O)[nH]c2ccc(NC3CCN(CCc4ccccc4)CC3)cc21. The van der Waals surface area contributed by atoms with Crippen molar-refractivity contribution in [3.8, 4) is 0 Å². The molecule has 4 rings (SSSR count). The Bertz CT molecular complexity index is 920. The van der Waals surface area contributed by atoms with Gasteiger partial charge in [-0.1, -0.05) is 30.3 Å². The van der Waals surface area contributed by atoms with Gasteiger partial charge < -0.3 is 15.2 Å². The molecule has 0 unspecified atom stereocenters. The number of H-pyrrole nitrogens is 1. The average molecular weight is 350 g/mol. The molecule has 1 fully saturated rings.